The van der Waals surface area contributed by atoms with E-state index in [0.717, 1.165) is 5.56 Å². The summed E-state index contributed by atoms with van der Waals surface area (Å²) in [4.78, 5) is 10.8. The standard InChI is InChI=1S/C14H11NO3S/c16-13-7-6-10(8-12(13)15(17)18)9-14(19)11-4-2-1-3-5-11/h1-8,16H,9H2. The number of nitrogens with zero attached hydrogens (tertiary/aromatic N) is 1. The highest BCUT2D eigenvalue weighted by atomic mass is 32.1. The molecule has 0 unspecified atom stereocenters. The van der Waals surface area contributed by atoms with Gasteiger partial charge in [0.2, 0.25) is 0 Å². The molecule has 0 aromatic heterocycles. The van der Waals surface area contributed by atoms with Crippen molar-refractivity contribution >= 4 is 22.8 Å². The summed E-state index contributed by atoms with van der Waals surface area (Å²) in [5.41, 5.74) is 1.33. The van der Waals surface area contributed by atoms with Crippen molar-refractivity contribution in [2.24, 2.45) is 0 Å². The van der Waals surface area contributed by atoms with Gasteiger partial charge in [0.15, 0.2) is 5.75 Å². The highest BCUT2D eigenvalue weighted by Crippen LogP contribution is 2.26. The third-order valence-corrected chi connectivity index (χ3v) is 3.08. The Kier molecular flexibility index (Phi) is 3.87. The topological polar surface area (TPSA) is 63.4 Å². The molecule has 4 nitrogen and oxygen atoms in total. The number of hydrogen-bond acceptors (Lipinski definition) is 4. The van der Waals surface area contributed by atoms with Gasteiger partial charge in [-0.1, -0.05) is 48.6 Å². The minimum absolute atomic E-state index is 0.298. The second-order valence-electron chi connectivity index (χ2n) is 4.05. The fourth-order valence-electron chi connectivity index (χ4n) is 1.74. The molecule has 1 N–H and O–H groups in total. The molecule has 5 heteroatoms. The van der Waals surface area contributed by atoms with E-state index in [1.54, 1.807) is 6.07 Å². The van der Waals surface area contributed by atoms with Crippen LogP contribution in [0.25, 0.3) is 0 Å². The Bertz CT molecular complexity index is 626. The van der Waals surface area contributed by atoms with Crippen molar-refractivity contribution in [1.29, 1.82) is 0 Å². The van der Waals surface area contributed by atoms with E-state index in [-0.39, 0.29) is 11.4 Å². The Labute approximate surface area is 115 Å². The Balaban J connectivity index is 2.23. The first-order chi connectivity index (χ1) is 9.08. The predicted molar refractivity (Wildman–Crippen MR) is 76.6 cm³/mol. The number of hydrogen-bond donors (Lipinski definition) is 1. The molecule has 0 amide bonds. The predicted octanol–water partition coefficient (Wildman–Crippen LogP) is 3.26. The van der Waals surface area contributed by atoms with Crippen LogP contribution in [0.3, 0.4) is 0 Å². The minimum atomic E-state index is -0.607. The Morgan fingerprint density at radius 3 is 2.53 bits per heavy atom. The van der Waals surface area contributed by atoms with Crippen LogP contribution in [0.2, 0.25) is 0 Å². The summed E-state index contributed by atoms with van der Waals surface area (Å²) in [5.74, 6) is -0.334. The summed E-state index contributed by atoms with van der Waals surface area (Å²) in [5, 5.41) is 20.1. The molecule has 2 rings (SSSR count). The SMILES string of the molecule is O=[N+]([O-])c1cc(CC(=S)c2ccccc2)ccc1O. The van der Waals surface area contributed by atoms with E-state index in [2.05, 4.69) is 0 Å². The molecule has 0 aliphatic carbocycles. The molecule has 2 aromatic rings. The number of phenols is 1. The maximum absolute atomic E-state index is 10.7. The lowest BCUT2D eigenvalue weighted by molar-refractivity contribution is -0.385. The number of nitro groups is 1. The zero-order valence-corrected chi connectivity index (χ0v) is 10.8. The van der Waals surface area contributed by atoms with Crippen molar-refractivity contribution < 1.29 is 10.0 Å². The lowest BCUT2D eigenvalue weighted by Gasteiger charge is -2.05. The van der Waals surface area contributed by atoms with Crippen LogP contribution in [0.1, 0.15) is 11.1 Å². The van der Waals surface area contributed by atoms with Crippen LogP contribution in [0, 0.1) is 10.1 Å². The second kappa shape index (κ2) is 5.58. The first-order valence-electron chi connectivity index (χ1n) is 5.62. The zero-order valence-electron chi connectivity index (χ0n) is 9.95. The highest BCUT2D eigenvalue weighted by molar-refractivity contribution is 7.80. The van der Waals surface area contributed by atoms with Gasteiger partial charge in [-0.15, -0.1) is 0 Å². The molecule has 0 aliphatic rings. The third kappa shape index (κ3) is 3.14. The normalized spacial score (nSPS) is 10.1. The van der Waals surface area contributed by atoms with Crippen molar-refractivity contribution in [1.82, 2.24) is 0 Å². The summed E-state index contributed by atoms with van der Waals surface area (Å²) in [6.07, 6.45) is 0.431. The molecular weight excluding hydrogens is 262 g/mol. The summed E-state index contributed by atoms with van der Waals surface area (Å²) in [6.45, 7) is 0. The van der Waals surface area contributed by atoms with E-state index in [9.17, 15) is 15.2 Å². The van der Waals surface area contributed by atoms with Gasteiger partial charge in [-0.2, -0.15) is 0 Å². The summed E-state index contributed by atoms with van der Waals surface area (Å²) in [6, 6.07) is 13.8. The number of rotatable bonds is 4. The second-order valence-corrected chi connectivity index (χ2v) is 4.54. The maximum Gasteiger partial charge on any atom is 0.310 e. The van der Waals surface area contributed by atoms with Crippen LogP contribution < -0.4 is 0 Å². The Morgan fingerprint density at radius 1 is 1.21 bits per heavy atom. The van der Waals surface area contributed by atoms with Gasteiger partial charge in [0.05, 0.1) is 4.92 Å². The van der Waals surface area contributed by atoms with Gasteiger partial charge in [-0.3, -0.25) is 10.1 Å². The van der Waals surface area contributed by atoms with Crippen LogP contribution in [0.4, 0.5) is 5.69 Å². The molecular formula is C14H11NO3S. The number of thiocarbonyl (C=S) groups is 1. The van der Waals surface area contributed by atoms with Crippen molar-refractivity contribution in [3.8, 4) is 5.75 Å². The lowest BCUT2D eigenvalue weighted by atomic mass is 10.0. The monoisotopic (exact) mass is 273 g/mol. The molecule has 0 aliphatic heterocycles. The van der Waals surface area contributed by atoms with Gasteiger partial charge in [-0.05, 0) is 17.2 Å². The fourth-order valence-corrected chi connectivity index (χ4v) is 2.04. The molecule has 2 aromatic carbocycles. The van der Waals surface area contributed by atoms with E-state index < -0.39 is 4.92 Å². The first kappa shape index (κ1) is 13.2. The smallest absolute Gasteiger partial charge is 0.310 e. The van der Waals surface area contributed by atoms with Crippen LogP contribution in [-0.2, 0) is 6.42 Å². The number of phenolic OH excluding ortho intramolecular Hbond substituents is 1. The van der Waals surface area contributed by atoms with E-state index in [1.165, 1.54) is 12.1 Å². The first-order valence-corrected chi connectivity index (χ1v) is 6.03. The van der Waals surface area contributed by atoms with Crippen LogP contribution in [-0.4, -0.2) is 14.9 Å². The minimum Gasteiger partial charge on any atom is -0.502 e. The highest BCUT2D eigenvalue weighted by Gasteiger charge is 2.14. The molecule has 0 bridgehead atoms. The maximum atomic E-state index is 10.7. The Morgan fingerprint density at radius 2 is 1.89 bits per heavy atom. The zero-order chi connectivity index (χ0) is 13.8. The molecule has 0 radical (unpaired) electrons. The largest absolute Gasteiger partial charge is 0.502 e. The molecule has 0 fully saturated rings. The molecule has 0 heterocycles. The fraction of sp³-hybridized carbons (Fsp3) is 0.0714. The quantitative estimate of drug-likeness (QED) is 0.402. The molecule has 19 heavy (non-hydrogen) atoms. The van der Waals surface area contributed by atoms with Crippen LogP contribution in [0.15, 0.2) is 48.5 Å². The van der Waals surface area contributed by atoms with Crippen molar-refractivity contribution in [2.45, 2.75) is 6.42 Å². The number of aromatic hydroxyl groups is 1. The van der Waals surface area contributed by atoms with E-state index in [1.807, 2.05) is 30.3 Å². The molecule has 96 valence electrons. The number of nitro benzene ring substituents is 1. The van der Waals surface area contributed by atoms with Gasteiger partial charge in [-0.25, -0.2) is 0 Å². The summed E-state index contributed by atoms with van der Waals surface area (Å²) in [7, 11) is 0. The lowest BCUT2D eigenvalue weighted by Crippen LogP contribution is -2.02. The third-order valence-electron chi connectivity index (χ3n) is 2.70. The van der Waals surface area contributed by atoms with Crippen molar-refractivity contribution in [3.63, 3.8) is 0 Å². The molecule has 0 saturated heterocycles. The average molecular weight is 273 g/mol. The average Bonchev–Trinajstić information content (AvgIpc) is 2.41. The molecule has 0 spiro atoms. The van der Waals surface area contributed by atoms with Gasteiger partial charge >= 0.3 is 5.69 Å². The van der Waals surface area contributed by atoms with Gasteiger partial charge in [0.1, 0.15) is 0 Å². The van der Waals surface area contributed by atoms with Crippen LogP contribution in [0.5, 0.6) is 5.75 Å². The van der Waals surface area contributed by atoms with Crippen molar-refractivity contribution in [3.05, 3.63) is 69.8 Å². The number of benzene rings is 2. The van der Waals surface area contributed by atoms with Gasteiger partial charge in [0.25, 0.3) is 0 Å². The van der Waals surface area contributed by atoms with E-state index >= 15 is 0 Å². The van der Waals surface area contributed by atoms with E-state index in [0.29, 0.717) is 16.8 Å². The Hall–Kier alpha value is -2.27. The van der Waals surface area contributed by atoms with E-state index in [4.69, 9.17) is 12.2 Å². The summed E-state index contributed by atoms with van der Waals surface area (Å²) < 4.78 is 0. The van der Waals surface area contributed by atoms with Crippen LogP contribution >= 0.6 is 12.2 Å². The molecule has 0 saturated carbocycles. The van der Waals surface area contributed by atoms with Crippen molar-refractivity contribution in [2.75, 3.05) is 0 Å². The molecule has 0 atom stereocenters. The van der Waals surface area contributed by atoms with Gasteiger partial charge in [0, 0.05) is 17.4 Å². The van der Waals surface area contributed by atoms with Gasteiger partial charge < -0.3 is 5.11 Å². The summed E-state index contributed by atoms with van der Waals surface area (Å²) >= 11 is 5.31.